The van der Waals surface area contributed by atoms with Crippen molar-refractivity contribution >= 4 is 52.7 Å². The van der Waals surface area contributed by atoms with Gasteiger partial charge in [-0.2, -0.15) is 0 Å². The fourth-order valence-corrected chi connectivity index (χ4v) is 7.37. The average Bonchev–Trinajstić information content (AvgIpc) is 3.61. The Kier molecular flexibility index (Phi) is 8.63. The third-order valence-corrected chi connectivity index (χ3v) is 10.0. The molecule has 4 atom stereocenters. The smallest absolute Gasteiger partial charge is 0.408 e. The lowest BCUT2D eigenvalue weighted by Crippen LogP contribution is -2.79. The summed E-state index contributed by atoms with van der Waals surface area (Å²) in [5.41, 5.74) is 6.01. The molecule has 15 heteroatoms. The summed E-state index contributed by atoms with van der Waals surface area (Å²) in [7, 11) is 0. The van der Waals surface area contributed by atoms with E-state index in [0.29, 0.717) is 10.4 Å². The maximum atomic E-state index is 13.5. The Balaban J connectivity index is 1.23. The molecule has 13 nitrogen and oxygen atoms in total. The number of thioether (sulfide) groups is 1. The van der Waals surface area contributed by atoms with Gasteiger partial charge in [0.25, 0.3) is 11.6 Å². The van der Waals surface area contributed by atoms with Gasteiger partial charge < -0.3 is 20.1 Å². The number of nitrogens with zero attached hydrogens (tertiary/aromatic N) is 2. The zero-order valence-corrected chi connectivity index (χ0v) is 25.3. The molecule has 230 valence electrons. The molecule has 2 fully saturated rings. The van der Waals surface area contributed by atoms with Crippen molar-refractivity contribution in [1.82, 2.24) is 15.5 Å². The minimum absolute atomic E-state index is 0.0132. The van der Waals surface area contributed by atoms with Gasteiger partial charge in [-0.05, 0) is 48.6 Å². The lowest BCUT2D eigenvalue weighted by molar-refractivity contribution is -0.384. The van der Waals surface area contributed by atoms with Crippen LogP contribution >= 0.6 is 23.1 Å². The molecule has 2 aliphatic rings. The molecule has 3 heterocycles. The summed E-state index contributed by atoms with van der Waals surface area (Å²) in [5.74, 6) is -1.96. The molecule has 0 radical (unpaired) electrons. The average molecular weight is 640 g/mol. The number of nitrogens with two attached hydrogens (primary N) is 1. The quantitative estimate of drug-likeness (QED) is 0.129. The van der Waals surface area contributed by atoms with Crippen LogP contribution in [-0.4, -0.2) is 55.5 Å². The van der Waals surface area contributed by atoms with Crippen LogP contribution in [0.5, 0.6) is 0 Å². The Morgan fingerprint density at radius 3 is 2.32 bits per heavy atom. The number of nitro benzene ring substituents is 1. The van der Waals surface area contributed by atoms with Crippen molar-refractivity contribution in [1.29, 1.82) is 0 Å². The summed E-state index contributed by atoms with van der Waals surface area (Å²) in [6.45, 7) is 3.28. The third-order valence-electron chi connectivity index (χ3n) is 7.45. The molecule has 4 N–H and O–H groups in total. The van der Waals surface area contributed by atoms with E-state index < -0.39 is 56.7 Å². The van der Waals surface area contributed by atoms with Crippen molar-refractivity contribution in [3.8, 4) is 0 Å². The summed E-state index contributed by atoms with van der Waals surface area (Å²) in [4.78, 5) is 64.8. The van der Waals surface area contributed by atoms with Crippen LogP contribution in [-0.2, 0) is 37.1 Å². The molecule has 3 aromatic rings. The van der Waals surface area contributed by atoms with Crippen LogP contribution in [0.25, 0.3) is 0 Å². The van der Waals surface area contributed by atoms with E-state index in [9.17, 15) is 29.3 Å². The van der Waals surface area contributed by atoms with Gasteiger partial charge in [-0.15, -0.1) is 23.1 Å². The van der Waals surface area contributed by atoms with Gasteiger partial charge in [0.15, 0.2) is 0 Å². The number of thiophene rings is 1. The van der Waals surface area contributed by atoms with Crippen molar-refractivity contribution in [2.24, 2.45) is 5.73 Å². The van der Waals surface area contributed by atoms with Crippen LogP contribution in [0.1, 0.15) is 35.9 Å². The maximum absolute atomic E-state index is 13.5. The minimum atomic E-state index is -1.78. The van der Waals surface area contributed by atoms with E-state index in [1.54, 1.807) is 43.5 Å². The molecule has 2 aromatic carbocycles. The van der Waals surface area contributed by atoms with Crippen LogP contribution in [0.4, 0.5) is 10.5 Å². The Hall–Kier alpha value is -4.47. The number of carbonyl (C=O) groups excluding carboxylic acids is 4. The molecule has 0 saturated carbocycles. The first-order valence-electron chi connectivity index (χ1n) is 13.4. The number of alkyl carbamates (subject to hydrolysis) is 1. The first-order valence-corrected chi connectivity index (χ1v) is 15.2. The van der Waals surface area contributed by atoms with Gasteiger partial charge in [-0.1, -0.05) is 36.4 Å². The van der Waals surface area contributed by atoms with E-state index in [-0.39, 0.29) is 18.9 Å². The number of hydrogen-bond acceptors (Lipinski definition) is 11. The minimum Gasteiger partial charge on any atom is -0.458 e. The molecule has 1 aromatic heterocycles. The van der Waals surface area contributed by atoms with Gasteiger partial charge in [0.05, 0.1) is 9.67 Å². The largest absolute Gasteiger partial charge is 0.458 e. The third kappa shape index (κ3) is 5.85. The first-order chi connectivity index (χ1) is 20.9. The van der Waals surface area contributed by atoms with E-state index in [1.165, 1.54) is 52.3 Å². The number of benzene rings is 2. The van der Waals surface area contributed by atoms with Gasteiger partial charge in [0, 0.05) is 17.0 Å². The predicted octanol–water partition coefficient (Wildman–Crippen LogP) is 3.20. The Morgan fingerprint density at radius 1 is 1.02 bits per heavy atom. The maximum Gasteiger partial charge on any atom is 0.408 e. The number of β-lactam (4-membered cyclic amide) rings is 1. The molecular formula is C29H29N5O8S2. The zero-order chi connectivity index (χ0) is 31.6. The molecule has 2 aliphatic heterocycles. The molecule has 3 amide bonds. The number of nitrogens with one attached hydrogen (secondary N) is 2. The molecule has 44 heavy (non-hydrogen) atoms. The zero-order valence-electron chi connectivity index (χ0n) is 23.6. The molecule has 0 spiro atoms. The highest BCUT2D eigenvalue weighted by atomic mass is 32.2. The fraction of sp³-hybridized carbons (Fsp3) is 0.310. The lowest BCUT2D eigenvalue weighted by atomic mass is 9.89. The molecule has 0 aliphatic carbocycles. The van der Waals surface area contributed by atoms with Crippen molar-refractivity contribution in [3.05, 3.63) is 98.2 Å². The second-order valence-electron chi connectivity index (χ2n) is 10.6. The molecule has 2 saturated heterocycles. The predicted molar refractivity (Wildman–Crippen MR) is 161 cm³/mol. The van der Waals surface area contributed by atoms with E-state index >= 15 is 0 Å². The SMILES string of the molecule is CC1(C)S[C@@H]2[C@H](NC(=O)C(NC(=O)OCc3ccc([N+](=O)[O-])cc3)c3cccs3)C(=O)N2[C@@]1(N)C(=O)OCc1ccccc1. The number of carbonyl (C=O) groups is 4. The van der Waals surface area contributed by atoms with Crippen LogP contribution in [0, 0.1) is 10.1 Å². The highest BCUT2D eigenvalue weighted by molar-refractivity contribution is 8.01. The van der Waals surface area contributed by atoms with Crippen LogP contribution in [0.3, 0.4) is 0 Å². The summed E-state index contributed by atoms with van der Waals surface area (Å²) in [6, 6.07) is 15.8. The van der Waals surface area contributed by atoms with E-state index in [1.807, 2.05) is 18.2 Å². The van der Waals surface area contributed by atoms with Crippen molar-refractivity contribution < 1.29 is 33.6 Å². The fourth-order valence-electron chi connectivity index (χ4n) is 4.93. The summed E-state index contributed by atoms with van der Waals surface area (Å²) in [6.07, 6.45) is -0.906. The topological polar surface area (TPSA) is 183 Å². The summed E-state index contributed by atoms with van der Waals surface area (Å²) < 4.78 is 9.81. The normalized spacial score (nSPS) is 22.2. The number of nitro groups is 1. The van der Waals surface area contributed by atoms with Gasteiger partial charge in [-0.25, -0.2) is 9.59 Å². The van der Waals surface area contributed by atoms with Crippen molar-refractivity contribution in [3.63, 3.8) is 0 Å². The summed E-state index contributed by atoms with van der Waals surface area (Å²) in [5, 5.41) is 17.2. The van der Waals surface area contributed by atoms with Crippen molar-refractivity contribution in [2.45, 2.75) is 54.9 Å². The monoisotopic (exact) mass is 639 g/mol. The number of rotatable bonds is 10. The number of esters is 1. The number of fused-ring (bicyclic) bond motifs is 1. The molecule has 5 rings (SSSR count). The van der Waals surface area contributed by atoms with E-state index in [2.05, 4.69) is 10.6 Å². The van der Waals surface area contributed by atoms with Crippen molar-refractivity contribution in [2.75, 3.05) is 0 Å². The second-order valence-corrected chi connectivity index (χ2v) is 13.4. The second kappa shape index (κ2) is 12.3. The van der Waals surface area contributed by atoms with Gasteiger partial charge in [0.1, 0.15) is 30.7 Å². The summed E-state index contributed by atoms with van der Waals surface area (Å²) >= 11 is 2.50. The highest BCUT2D eigenvalue weighted by Gasteiger charge is 2.72. The number of ether oxygens (including phenoxy) is 2. The van der Waals surface area contributed by atoms with E-state index in [4.69, 9.17) is 15.2 Å². The lowest BCUT2D eigenvalue weighted by Gasteiger charge is -2.48. The van der Waals surface area contributed by atoms with Gasteiger partial charge in [-0.3, -0.25) is 30.3 Å². The highest BCUT2D eigenvalue weighted by Crippen LogP contribution is 2.55. The Morgan fingerprint density at radius 2 is 1.68 bits per heavy atom. The first kappa shape index (κ1) is 31.0. The van der Waals surface area contributed by atoms with Gasteiger partial charge >= 0.3 is 12.1 Å². The van der Waals surface area contributed by atoms with Crippen LogP contribution < -0.4 is 16.4 Å². The van der Waals surface area contributed by atoms with Gasteiger partial charge in [0.2, 0.25) is 11.6 Å². The molecule has 0 bridgehead atoms. The molecular weight excluding hydrogens is 610 g/mol. The van der Waals surface area contributed by atoms with E-state index in [0.717, 1.165) is 5.56 Å². The van der Waals surface area contributed by atoms with Crippen LogP contribution in [0.15, 0.2) is 72.1 Å². The van der Waals surface area contributed by atoms with Crippen LogP contribution in [0.2, 0.25) is 0 Å². The number of amides is 3. The Bertz CT molecular complexity index is 1570. The Labute approximate surface area is 260 Å². The number of hydrogen-bond donors (Lipinski definition) is 3. The number of non-ortho nitro benzene ring substituents is 1. The molecule has 1 unspecified atom stereocenters. The standard InChI is InChI=1S/C29H29N5O8S2/c1-28(2)29(30,26(37)41-15-17-7-4-3-5-8-17)33-24(36)22(25(33)44-28)31-23(35)21(20-9-6-14-43-20)32-27(38)42-16-18-10-12-19(13-11-18)34(39)40/h3-14,21-22,25H,15-16,30H2,1-2H3,(H,31,35)(H,32,38)/t21?,22-,25-,29+/m1/s1.